The van der Waals surface area contributed by atoms with E-state index in [0.29, 0.717) is 0 Å². The van der Waals surface area contributed by atoms with Crippen molar-refractivity contribution in [1.29, 1.82) is 0 Å². The van der Waals surface area contributed by atoms with Crippen LogP contribution >= 0.6 is 11.6 Å². The average Bonchev–Trinajstić information content (AvgIpc) is 3.16. The zero-order valence-electron chi connectivity index (χ0n) is 18.8. The molecular formula is C26H23ClN2O6. The molecule has 0 unspecified atom stereocenters. The number of amides is 2. The van der Waals surface area contributed by atoms with Crippen LogP contribution in [0.4, 0.5) is 10.5 Å². The average molecular weight is 495 g/mol. The van der Waals surface area contributed by atoms with E-state index in [1.54, 1.807) is 0 Å². The maximum atomic E-state index is 12.8. The van der Waals surface area contributed by atoms with Crippen LogP contribution in [0.15, 0.2) is 66.7 Å². The van der Waals surface area contributed by atoms with E-state index in [-0.39, 0.29) is 35.4 Å². The lowest BCUT2D eigenvalue weighted by molar-refractivity contribution is -0.119. The summed E-state index contributed by atoms with van der Waals surface area (Å²) in [5.41, 5.74) is 4.45. The molecule has 0 fully saturated rings. The Morgan fingerprint density at radius 3 is 2.23 bits per heavy atom. The standard InChI is InChI=1S/C26H23ClN2O6/c1-34-14-23(24(30)28-17-11-15(25(31)32)10-16(27)12-17)29-26(33)35-13-22-20-8-4-2-6-18(20)19-7-3-5-9-21(19)22/h2-12,22-23H,13-14H2,1H3,(H,28,30)(H,29,33)(H,31,32)/t23-/m0/s1. The van der Waals surface area contributed by atoms with Crippen molar-refractivity contribution in [1.82, 2.24) is 5.32 Å². The molecule has 1 atom stereocenters. The van der Waals surface area contributed by atoms with Gasteiger partial charge in [0, 0.05) is 23.7 Å². The smallest absolute Gasteiger partial charge is 0.407 e. The Balaban J connectivity index is 1.42. The molecule has 1 aliphatic rings. The minimum atomic E-state index is -1.19. The van der Waals surface area contributed by atoms with Gasteiger partial charge in [-0.05, 0) is 40.5 Å². The summed E-state index contributed by atoms with van der Waals surface area (Å²) in [6.07, 6.45) is -0.776. The quantitative estimate of drug-likeness (QED) is 0.424. The van der Waals surface area contributed by atoms with Crippen LogP contribution in [0.2, 0.25) is 5.02 Å². The van der Waals surface area contributed by atoms with Crippen molar-refractivity contribution >= 4 is 35.3 Å². The Hall–Kier alpha value is -3.88. The van der Waals surface area contributed by atoms with Crippen molar-refractivity contribution in [2.45, 2.75) is 12.0 Å². The number of hydrogen-bond acceptors (Lipinski definition) is 5. The van der Waals surface area contributed by atoms with Crippen LogP contribution in [0, 0.1) is 0 Å². The minimum Gasteiger partial charge on any atom is -0.478 e. The molecule has 3 N–H and O–H groups in total. The lowest BCUT2D eigenvalue weighted by atomic mass is 9.98. The van der Waals surface area contributed by atoms with Gasteiger partial charge in [0.15, 0.2) is 0 Å². The van der Waals surface area contributed by atoms with E-state index < -0.39 is 24.0 Å². The number of halogens is 1. The second kappa shape index (κ2) is 10.6. The lowest BCUT2D eigenvalue weighted by Crippen LogP contribution is -2.47. The molecule has 3 aromatic rings. The van der Waals surface area contributed by atoms with Gasteiger partial charge in [0.1, 0.15) is 12.6 Å². The Bertz CT molecular complexity index is 1230. The molecule has 180 valence electrons. The third-order valence-electron chi connectivity index (χ3n) is 5.70. The molecule has 1 aliphatic carbocycles. The number of methoxy groups -OCH3 is 1. The largest absolute Gasteiger partial charge is 0.478 e. The van der Waals surface area contributed by atoms with Gasteiger partial charge < -0.3 is 25.2 Å². The van der Waals surface area contributed by atoms with Crippen molar-refractivity contribution < 1.29 is 29.0 Å². The molecule has 0 spiro atoms. The van der Waals surface area contributed by atoms with Crippen LogP contribution in [-0.2, 0) is 14.3 Å². The Morgan fingerprint density at radius 2 is 1.63 bits per heavy atom. The van der Waals surface area contributed by atoms with Gasteiger partial charge in [-0.2, -0.15) is 0 Å². The van der Waals surface area contributed by atoms with Gasteiger partial charge in [0.2, 0.25) is 5.91 Å². The van der Waals surface area contributed by atoms with Crippen LogP contribution in [0.25, 0.3) is 11.1 Å². The molecule has 8 nitrogen and oxygen atoms in total. The maximum absolute atomic E-state index is 12.8. The zero-order valence-corrected chi connectivity index (χ0v) is 19.5. The summed E-state index contributed by atoms with van der Waals surface area (Å²) < 4.78 is 10.6. The van der Waals surface area contributed by atoms with Gasteiger partial charge in [-0.3, -0.25) is 4.79 Å². The molecule has 35 heavy (non-hydrogen) atoms. The summed E-state index contributed by atoms with van der Waals surface area (Å²) in [6, 6.07) is 18.8. The van der Waals surface area contributed by atoms with Crippen LogP contribution < -0.4 is 10.6 Å². The summed E-state index contributed by atoms with van der Waals surface area (Å²) in [7, 11) is 1.39. The van der Waals surface area contributed by atoms with Gasteiger partial charge in [0.25, 0.3) is 0 Å². The van der Waals surface area contributed by atoms with E-state index in [1.807, 2.05) is 48.5 Å². The number of benzene rings is 3. The van der Waals surface area contributed by atoms with E-state index in [4.69, 9.17) is 21.1 Å². The number of fused-ring (bicyclic) bond motifs is 3. The van der Waals surface area contributed by atoms with Crippen molar-refractivity contribution in [2.24, 2.45) is 0 Å². The van der Waals surface area contributed by atoms with Crippen LogP contribution in [0.5, 0.6) is 0 Å². The maximum Gasteiger partial charge on any atom is 0.407 e. The highest BCUT2D eigenvalue weighted by atomic mass is 35.5. The number of anilines is 1. The fourth-order valence-electron chi connectivity index (χ4n) is 4.15. The third kappa shape index (κ3) is 5.45. The number of carbonyl (C=O) groups excluding carboxylic acids is 2. The highest BCUT2D eigenvalue weighted by Crippen LogP contribution is 2.44. The number of hydrogen-bond donors (Lipinski definition) is 3. The Morgan fingerprint density at radius 1 is 1.00 bits per heavy atom. The number of carboxylic acid groups (broad SMARTS) is 1. The topological polar surface area (TPSA) is 114 Å². The molecule has 0 heterocycles. The Kier molecular flexibility index (Phi) is 7.33. The molecule has 0 saturated carbocycles. The van der Waals surface area contributed by atoms with Gasteiger partial charge in [-0.15, -0.1) is 0 Å². The van der Waals surface area contributed by atoms with Crippen LogP contribution in [-0.4, -0.2) is 49.4 Å². The number of rotatable bonds is 8. The first kappa shape index (κ1) is 24.3. The molecule has 0 bridgehead atoms. The highest BCUT2D eigenvalue weighted by Gasteiger charge is 2.30. The molecule has 3 aromatic carbocycles. The summed E-state index contributed by atoms with van der Waals surface area (Å²) >= 11 is 5.95. The Labute approximate surface area is 206 Å². The molecular weight excluding hydrogens is 472 g/mol. The molecule has 0 aromatic heterocycles. The predicted molar refractivity (Wildman–Crippen MR) is 131 cm³/mol. The number of aromatic carboxylic acids is 1. The summed E-state index contributed by atoms with van der Waals surface area (Å²) in [6.45, 7) is -0.0279. The van der Waals surface area contributed by atoms with E-state index >= 15 is 0 Å². The minimum absolute atomic E-state index is 0.0828. The first-order valence-electron chi connectivity index (χ1n) is 10.8. The first-order chi connectivity index (χ1) is 16.9. The van der Waals surface area contributed by atoms with E-state index in [0.717, 1.165) is 22.3 Å². The molecule has 2 amide bonds. The molecule has 0 radical (unpaired) electrons. The van der Waals surface area contributed by atoms with Crippen molar-refractivity contribution in [3.05, 3.63) is 88.4 Å². The summed E-state index contributed by atoms with van der Waals surface area (Å²) in [5.74, 6) is -1.92. The second-order valence-corrected chi connectivity index (χ2v) is 8.44. The van der Waals surface area contributed by atoms with E-state index in [1.165, 1.54) is 25.3 Å². The van der Waals surface area contributed by atoms with Crippen LogP contribution in [0.1, 0.15) is 27.4 Å². The highest BCUT2D eigenvalue weighted by molar-refractivity contribution is 6.31. The van der Waals surface area contributed by atoms with Crippen molar-refractivity contribution in [3.8, 4) is 11.1 Å². The zero-order chi connectivity index (χ0) is 24.9. The van der Waals surface area contributed by atoms with Crippen molar-refractivity contribution in [3.63, 3.8) is 0 Å². The second-order valence-electron chi connectivity index (χ2n) is 8.00. The number of alkyl carbamates (subject to hydrolysis) is 1. The number of ether oxygens (including phenoxy) is 2. The molecule has 0 saturated heterocycles. The summed E-state index contributed by atoms with van der Waals surface area (Å²) in [4.78, 5) is 36.6. The molecule has 4 rings (SSSR count). The van der Waals surface area contributed by atoms with Gasteiger partial charge >= 0.3 is 12.1 Å². The van der Waals surface area contributed by atoms with E-state index in [9.17, 15) is 19.5 Å². The molecule has 0 aliphatic heterocycles. The number of carbonyl (C=O) groups is 3. The fraction of sp³-hybridized carbons (Fsp3) is 0.192. The number of nitrogens with one attached hydrogen (secondary N) is 2. The third-order valence-corrected chi connectivity index (χ3v) is 5.92. The monoisotopic (exact) mass is 494 g/mol. The molecule has 9 heteroatoms. The normalized spacial score (nSPS) is 12.9. The van der Waals surface area contributed by atoms with Gasteiger partial charge in [0.05, 0.1) is 12.2 Å². The first-order valence-corrected chi connectivity index (χ1v) is 11.2. The fourth-order valence-corrected chi connectivity index (χ4v) is 4.38. The van der Waals surface area contributed by atoms with Gasteiger partial charge in [-0.1, -0.05) is 60.1 Å². The van der Waals surface area contributed by atoms with E-state index in [2.05, 4.69) is 10.6 Å². The lowest BCUT2D eigenvalue weighted by Gasteiger charge is -2.19. The van der Waals surface area contributed by atoms with Crippen molar-refractivity contribution in [2.75, 3.05) is 25.6 Å². The van der Waals surface area contributed by atoms with Crippen LogP contribution in [0.3, 0.4) is 0 Å². The number of carboxylic acids is 1. The van der Waals surface area contributed by atoms with Gasteiger partial charge in [-0.25, -0.2) is 9.59 Å². The predicted octanol–water partition coefficient (Wildman–Crippen LogP) is 4.53. The SMILES string of the molecule is COC[C@H](NC(=O)OCC1c2ccccc2-c2ccccc21)C(=O)Nc1cc(Cl)cc(C(=O)O)c1. The summed E-state index contributed by atoms with van der Waals surface area (Å²) in [5, 5.41) is 14.4.